The van der Waals surface area contributed by atoms with E-state index in [9.17, 15) is 4.39 Å². The van der Waals surface area contributed by atoms with Crippen LogP contribution in [0.1, 0.15) is 30.0 Å². The van der Waals surface area contributed by atoms with Gasteiger partial charge in [0.05, 0.1) is 11.2 Å². The molecule has 1 saturated carbocycles. The molecule has 1 aliphatic rings. The first-order chi connectivity index (χ1) is 13.7. The molecule has 2 aromatic carbocycles. The number of aromatic nitrogens is 1. The minimum atomic E-state index is -0.280. The highest BCUT2D eigenvalue weighted by Gasteiger charge is 2.29. The minimum Gasteiger partial charge on any atom is -0.252 e. The standard InChI is InChI=1S/C24H16FN3/c25-19-12-10-17(11-13-19)23-20-5-1-2-7-22(20)28-24(18-8-9-18)21(23)6-3-4-16(14-26)15-27/h1-7,10-13,18H,8-9H2/b6-3+. The summed E-state index contributed by atoms with van der Waals surface area (Å²) in [7, 11) is 0. The first-order valence-corrected chi connectivity index (χ1v) is 9.08. The van der Waals surface area contributed by atoms with Crippen molar-refractivity contribution in [2.75, 3.05) is 0 Å². The largest absolute Gasteiger partial charge is 0.252 e. The maximum Gasteiger partial charge on any atom is 0.129 e. The molecule has 28 heavy (non-hydrogen) atoms. The van der Waals surface area contributed by atoms with Gasteiger partial charge < -0.3 is 0 Å². The van der Waals surface area contributed by atoms with Crippen molar-refractivity contribution in [3.8, 4) is 23.3 Å². The van der Waals surface area contributed by atoms with Gasteiger partial charge in [-0.3, -0.25) is 4.98 Å². The van der Waals surface area contributed by atoms with Crippen LogP contribution in [0.15, 0.2) is 66.3 Å². The molecule has 0 bridgehead atoms. The van der Waals surface area contributed by atoms with Crippen molar-refractivity contribution in [3.63, 3.8) is 0 Å². The summed E-state index contributed by atoms with van der Waals surface area (Å²) in [6, 6.07) is 18.1. The zero-order chi connectivity index (χ0) is 19.5. The topological polar surface area (TPSA) is 60.5 Å². The Kier molecular flexibility index (Phi) is 4.70. The van der Waals surface area contributed by atoms with Crippen LogP contribution in [0, 0.1) is 28.5 Å². The van der Waals surface area contributed by atoms with Crippen LogP contribution >= 0.6 is 0 Å². The molecular weight excluding hydrogens is 349 g/mol. The molecule has 1 heterocycles. The molecule has 3 aromatic rings. The second kappa shape index (κ2) is 7.47. The molecule has 0 N–H and O–H groups in total. The van der Waals surface area contributed by atoms with Gasteiger partial charge in [0.1, 0.15) is 23.5 Å². The third-order valence-corrected chi connectivity index (χ3v) is 4.82. The Morgan fingerprint density at radius 3 is 2.43 bits per heavy atom. The minimum absolute atomic E-state index is 0.0429. The predicted molar refractivity (Wildman–Crippen MR) is 107 cm³/mol. The van der Waals surface area contributed by atoms with E-state index in [1.165, 1.54) is 18.2 Å². The number of nitriles is 2. The molecule has 0 aliphatic heterocycles. The zero-order valence-electron chi connectivity index (χ0n) is 15.1. The van der Waals surface area contributed by atoms with E-state index in [-0.39, 0.29) is 11.4 Å². The van der Waals surface area contributed by atoms with Crippen LogP contribution in [0.2, 0.25) is 0 Å². The highest BCUT2D eigenvalue weighted by Crippen LogP contribution is 2.45. The maximum absolute atomic E-state index is 13.5. The van der Waals surface area contributed by atoms with Crippen molar-refractivity contribution in [1.29, 1.82) is 10.5 Å². The number of hydrogen-bond donors (Lipinski definition) is 0. The van der Waals surface area contributed by atoms with Crippen LogP contribution in [0.3, 0.4) is 0 Å². The van der Waals surface area contributed by atoms with Crippen molar-refractivity contribution < 1.29 is 4.39 Å². The van der Waals surface area contributed by atoms with Crippen molar-refractivity contribution in [2.45, 2.75) is 18.8 Å². The highest BCUT2D eigenvalue weighted by molar-refractivity contribution is 5.99. The molecule has 1 aliphatic carbocycles. The quantitative estimate of drug-likeness (QED) is 0.427. The molecular formula is C24H16FN3. The van der Waals surface area contributed by atoms with Gasteiger partial charge in [0.15, 0.2) is 0 Å². The van der Waals surface area contributed by atoms with Gasteiger partial charge in [-0.2, -0.15) is 10.5 Å². The Labute approximate surface area is 162 Å². The average molecular weight is 365 g/mol. The number of allylic oxidation sites excluding steroid dienone is 3. The molecule has 3 nitrogen and oxygen atoms in total. The first-order valence-electron chi connectivity index (χ1n) is 9.08. The molecule has 0 amide bonds. The van der Waals surface area contributed by atoms with Gasteiger partial charge in [-0.1, -0.05) is 42.5 Å². The number of para-hydroxylation sites is 1. The third kappa shape index (κ3) is 3.41. The number of halogens is 1. The fourth-order valence-corrected chi connectivity index (χ4v) is 3.35. The van der Waals surface area contributed by atoms with Crippen LogP contribution in [0.4, 0.5) is 4.39 Å². The zero-order valence-corrected chi connectivity index (χ0v) is 15.1. The summed E-state index contributed by atoms with van der Waals surface area (Å²) >= 11 is 0. The Morgan fingerprint density at radius 1 is 1.04 bits per heavy atom. The van der Waals surface area contributed by atoms with Crippen LogP contribution in [0.25, 0.3) is 28.1 Å². The van der Waals surface area contributed by atoms with Crippen LogP contribution in [-0.2, 0) is 0 Å². The summed E-state index contributed by atoms with van der Waals surface area (Å²) in [6.07, 6.45) is 7.30. The lowest BCUT2D eigenvalue weighted by molar-refractivity contribution is 0.628. The molecule has 134 valence electrons. The third-order valence-electron chi connectivity index (χ3n) is 4.82. The SMILES string of the molecule is N#CC(C#N)=C/C=C/c1c(C2CC2)nc2ccccc2c1-c1ccc(F)cc1. The fourth-order valence-electron chi connectivity index (χ4n) is 3.35. The Bertz CT molecular complexity index is 1170. The summed E-state index contributed by atoms with van der Waals surface area (Å²) in [4.78, 5) is 4.90. The van der Waals surface area contributed by atoms with Gasteiger partial charge in [0, 0.05) is 22.4 Å². The molecule has 0 radical (unpaired) electrons. The van der Waals surface area contributed by atoms with Crippen molar-refractivity contribution >= 4 is 17.0 Å². The van der Waals surface area contributed by atoms with E-state index >= 15 is 0 Å². The average Bonchev–Trinajstić information content (AvgIpc) is 3.56. The number of nitrogens with zero attached hydrogens (tertiary/aromatic N) is 3. The van der Waals surface area contributed by atoms with Crippen LogP contribution in [-0.4, -0.2) is 4.98 Å². The Hall–Kier alpha value is -3.76. The predicted octanol–water partition coefficient (Wildman–Crippen LogP) is 5.91. The summed E-state index contributed by atoms with van der Waals surface area (Å²) in [5.41, 5.74) is 4.82. The Balaban J connectivity index is 1.99. The number of benzene rings is 2. The summed E-state index contributed by atoms with van der Waals surface area (Å²) in [6.45, 7) is 0. The van der Waals surface area contributed by atoms with E-state index in [1.807, 2.05) is 42.5 Å². The lowest BCUT2D eigenvalue weighted by atomic mass is 9.92. The van der Waals surface area contributed by atoms with Gasteiger partial charge in [0.2, 0.25) is 0 Å². The molecule has 1 fully saturated rings. The van der Waals surface area contributed by atoms with E-state index in [1.54, 1.807) is 18.2 Å². The summed E-state index contributed by atoms with van der Waals surface area (Å²) in [5.74, 6) is 0.121. The fraction of sp³-hybridized carbons (Fsp3) is 0.125. The summed E-state index contributed by atoms with van der Waals surface area (Å²) in [5, 5.41) is 18.9. The number of fused-ring (bicyclic) bond motifs is 1. The van der Waals surface area contributed by atoms with Gasteiger partial charge >= 0.3 is 0 Å². The van der Waals surface area contributed by atoms with E-state index < -0.39 is 0 Å². The van der Waals surface area contributed by atoms with Gasteiger partial charge in [0.25, 0.3) is 0 Å². The van der Waals surface area contributed by atoms with E-state index in [2.05, 4.69) is 0 Å². The Morgan fingerprint density at radius 2 is 1.75 bits per heavy atom. The highest BCUT2D eigenvalue weighted by atomic mass is 19.1. The molecule has 1 aromatic heterocycles. The monoisotopic (exact) mass is 365 g/mol. The van der Waals surface area contributed by atoms with Crippen molar-refractivity contribution in [2.24, 2.45) is 0 Å². The normalized spacial score (nSPS) is 13.2. The van der Waals surface area contributed by atoms with E-state index in [4.69, 9.17) is 15.5 Å². The second-order valence-corrected chi connectivity index (χ2v) is 6.75. The molecule has 4 rings (SSSR count). The maximum atomic E-state index is 13.5. The van der Waals surface area contributed by atoms with E-state index in [0.717, 1.165) is 46.1 Å². The first kappa shape index (κ1) is 17.6. The number of pyridine rings is 1. The molecule has 0 unspecified atom stereocenters. The molecule has 0 spiro atoms. The van der Waals surface area contributed by atoms with Gasteiger partial charge in [-0.25, -0.2) is 4.39 Å². The summed E-state index contributed by atoms with van der Waals surface area (Å²) < 4.78 is 13.5. The number of hydrogen-bond acceptors (Lipinski definition) is 3. The molecule has 0 saturated heterocycles. The molecule has 4 heteroatoms. The van der Waals surface area contributed by atoms with Crippen LogP contribution in [0.5, 0.6) is 0 Å². The lowest BCUT2D eigenvalue weighted by Gasteiger charge is -2.15. The van der Waals surface area contributed by atoms with Crippen LogP contribution < -0.4 is 0 Å². The number of rotatable bonds is 4. The van der Waals surface area contributed by atoms with E-state index in [0.29, 0.717) is 5.92 Å². The van der Waals surface area contributed by atoms with Crippen molar-refractivity contribution in [3.05, 3.63) is 83.3 Å². The smallest absolute Gasteiger partial charge is 0.129 e. The molecule has 0 atom stereocenters. The van der Waals surface area contributed by atoms with Gasteiger partial charge in [-0.15, -0.1) is 0 Å². The van der Waals surface area contributed by atoms with Crippen molar-refractivity contribution in [1.82, 2.24) is 4.98 Å². The lowest BCUT2D eigenvalue weighted by Crippen LogP contribution is -1.98. The van der Waals surface area contributed by atoms with Gasteiger partial charge in [-0.05, 0) is 42.7 Å². The second-order valence-electron chi connectivity index (χ2n) is 6.75.